The third-order valence-electron chi connectivity index (χ3n) is 3.48. The number of alkyl carbamates (subject to hydrolysis) is 1. The SMILES string of the molecule is CC(C)(C)OC(=O)NC[C@H]1OB2OCCOc3ccc(Cl)c1c32. The summed E-state index contributed by atoms with van der Waals surface area (Å²) in [6.07, 6.45) is -0.903. The highest BCUT2D eigenvalue weighted by atomic mass is 35.5. The highest BCUT2D eigenvalue weighted by Crippen LogP contribution is 2.34. The van der Waals surface area contributed by atoms with E-state index in [2.05, 4.69) is 5.32 Å². The van der Waals surface area contributed by atoms with Gasteiger partial charge in [0.05, 0.1) is 12.7 Å². The van der Waals surface area contributed by atoms with Gasteiger partial charge in [-0.1, -0.05) is 11.6 Å². The molecule has 6 nitrogen and oxygen atoms in total. The summed E-state index contributed by atoms with van der Waals surface area (Å²) in [5.41, 5.74) is 1.06. The summed E-state index contributed by atoms with van der Waals surface area (Å²) in [6, 6.07) is 3.59. The van der Waals surface area contributed by atoms with Crippen LogP contribution in [0.4, 0.5) is 4.79 Å². The van der Waals surface area contributed by atoms with Crippen LogP contribution in [0, 0.1) is 0 Å². The molecule has 1 aromatic rings. The Bertz CT molecular complexity index is 619. The molecular weight excluding hydrogens is 320 g/mol. The van der Waals surface area contributed by atoms with Crippen molar-refractivity contribution in [2.45, 2.75) is 32.5 Å². The van der Waals surface area contributed by atoms with Crippen LogP contribution in [0.15, 0.2) is 12.1 Å². The standard InChI is InChI=1S/C15H19BClNO5/c1-15(2,3)22-14(19)18-8-11-12-9(17)4-5-10-13(12)16(23-11)21-7-6-20-10/h4-5,11H,6-8H2,1-3H3,(H,18,19)/t11-/m1/s1. The van der Waals surface area contributed by atoms with Crippen molar-refractivity contribution in [1.29, 1.82) is 0 Å². The molecule has 2 heterocycles. The van der Waals surface area contributed by atoms with Gasteiger partial charge in [-0.3, -0.25) is 0 Å². The quantitative estimate of drug-likeness (QED) is 0.835. The Morgan fingerprint density at radius 2 is 2.22 bits per heavy atom. The second kappa shape index (κ2) is 6.22. The maximum atomic E-state index is 11.8. The van der Waals surface area contributed by atoms with E-state index in [9.17, 15) is 4.79 Å². The first kappa shape index (κ1) is 16.4. The lowest BCUT2D eigenvalue weighted by molar-refractivity contribution is 0.0494. The normalized spacial score (nSPS) is 19.7. The summed E-state index contributed by atoms with van der Waals surface area (Å²) in [7, 11) is -0.522. The first-order chi connectivity index (χ1) is 10.8. The van der Waals surface area contributed by atoms with Gasteiger partial charge in [0, 0.05) is 22.6 Å². The number of hydrogen-bond acceptors (Lipinski definition) is 5. The molecule has 0 saturated heterocycles. The van der Waals surface area contributed by atoms with Gasteiger partial charge in [-0.15, -0.1) is 0 Å². The Balaban J connectivity index is 1.76. The molecule has 0 radical (unpaired) electrons. The summed E-state index contributed by atoms with van der Waals surface area (Å²) in [5.74, 6) is 0.715. The zero-order chi connectivity index (χ0) is 16.6. The highest BCUT2D eigenvalue weighted by molar-refractivity contribution is 6.64. The molecular formula is C15H19BClNO5. The van der Waals surface area contributed by atoms with E-state index in [1.807, 2.05) is 26.8 Å². The molecule has 8 heteroatoms. The number of benzene rings is 1. The van der Waals surface area contributed by atoms with E-state index < -0.39 is 24.9 Å². The minimum absolute atomic E-state index is 0.241. The number of amides is 1. The fraction of sp³-hybridized carbons (Fsp3) is 0.533. The number of hydrogen-bond donors (Lipinski definition) is 1. The van der Waals surface area contributed by atoms with E-state index in [-0.39, 0.29) is 6.54 Å². The van der Waals surface area contributed by atoms with E-state index in [0.717, 1.165) is 11.0 Å². The average Bonchev–Trinajstić information content (AvgIpc) is 2.69. The lowest BCUT2D eigenvalue weighted by Crippen LogP contribution is -2.35. The molecule has 1 aromatic carbocycles. The minimum Gasteiger partial charge on any atom is -0.492 e. The first-order valence-corrected chi connectivity index (χ1v) is 7.92. The van der Waals surface area contributed by atoms with Crippen molar-refractivity contribution < 1.29 is 23.6 Å². The van der Waals surface area contributed by atoms with Crippen molar-refractivity contribution in [1.82, 2.24) is 5.32 Å². The number of nitrogens with one attached hydrogen (secondary N) is 1. The van der Waals surface area contributed by atoms with Gasteiger partial charge in [0.1, 0.15) is 18.0 Å². The van der Waals surface area contributed by atoms with Gasteiger partial charge < -0.3 is 24.1 Å². The molecule has 1 amide bonds. The maximum Gasteiger partial charge on any atom is 0.498 e. The van der Waals surface area contributed by atoms with Gasteiger partial charge >= 0.3 is 13.2 Å². The van der Waals surface area contributed by atoms with Crippen molar-refractivity contribution >= 4 is 30.3 Å². The molecule has 0 aliphatic carbocycles. The van der Waals surface area contributed by atoms with Gasteiger partial charge in [0.15, 0.2) is 0 Å². The minimum atomic E-state index is -0.552. The van der Waals surface area contributed by atoms with E-state index in [1.54, 1.807) is 6.07 Å². The van der Waals surface area contributed by atoms with Crippen molar-refractivity contribution in [3.63, 3.8) is 0 Å². The van der Waals surface area contributed by atoms with E-state index >= 15 is 0 Å². The van der Waals surface area contributed by atoms with Gasteiger partial charge in [0.25, 0.3) is 0 Å². The van der Waals surface area contributed by atoms with Crippen LogP contribution < -0.4 is 15.5 Å². The van der Waals surface area contributed by atoms with Crippen LogP contribution in [0.25, 0.3) is 0 Å². The van der Waals surface area contributed by atoms with E-state index in [0.29, 0.717) is 24.0 Å². The highest BCUT2D eigenvalue weighted by Gasteiger charge is 2.43. The molecule has 124 valence electrons. The van der Waals surface area contributed by atoms with Crippen molar-refractivity contribution in [2.24, 2.45) is 0 Å². The van der Waals surface area contributed by atoms with Crippen LogP contribution in [-0.4, -0.2) is 38.6 Å². The number of ether oxygens (including phenoxy) is 2. The second-order valence-electron chi connectivity index (χ2n) is 6.43. The molecule has 0 saturated carbocycles. The van der Waals surface area contributed by atoms with Crippen LogP contribution in [0.5, 0.6) is 5.75 Å². The lowest BCUT2D eigenvalue weighted by Gasteiger charge is -2.21. The molecule has 0 bridgehead atoms. The molecule has 2 aliphatic heterocycles. The third kappa shape index (κ3) is 3.57. The Kier molecular flexibility index (Phi) is 4.44. The zero-order valence-corrected chi connectivity index (χ0v) is 14.1. The van der Waals surface area contributed by atoms with Crippen LogP contribution >= 0.6 is 11.6 Å². The summed E-state index contributed by atoms with van der Waals surface area (Å²) in [6.45, 7) is 6.57. The summed E-state index contributed by atoms with van der Waals surface area (Å²) in [5, 5.41) is 3.27. The van der Waals surface area contributed by atoms with Gasteiger partial charge in [-0.2, -0.15) is 0 Å². The molecule has 3 rings (SSSR count). The van der Waals surface area contributed by atoms with Crippen LogP contribution in [0.2, 0.25) is 5.02 Å². The topological polar surface area (TPSA) is 66.0 Å². The smallest absolute Gasteiger partial charge is 0.492 e. The largest absolute Gasteiger partial charge is 0.498 e. The van der Waals surface area contributed by atoms with Crippen molar-refractivity contribution in [3.05, 3.63) is 22.7 Å². The molecule has 1 atom stereocenters. The second-order valence-corrected chi connectivity index (χ2v) is 6.84. The fourth-order valence-corrected chi connectivity index (χ4v) is 2.93. The number of halogens is 1. The Morgan fingerprint density at radius 3 is 2.96 bits per heavy atom. The van der Waals surface area contributed by atoms with E-state index in [4.69, 9.17) is 30.4 Å². The third-order valence-corrected chi connectivity index (χ3v) is 3.81. The molecule has 0 fully saturated rings. The molecule has 0 unspecified atom stereocenters. The summed E-state index contributed by atoms with van der Waals surface area (Å²) >= 11 is 6.32. The summed E-state index contributed by atoms with van der Waals surface area (Å²) < 4.78 is 22.4. The predicted molar refractivity (Wildman–Crippen MR) is 86.3 cm³/mol. The maximum absolute atomic E-state index is 11.8. The lowest BCUT2D eigenvalue weighted by atomic mass is 9.78. The van der Waals surface area contributed by atoms with E-state index in [1.165, 1.54) is 0 Å². The molecule has 0 aromatic heterocycles. The van der Waals surface area contributed by atoms with Gasteiger partial charge in [-0.25, -0.2) is 4.79 Å². The number of carbonyl (C=O) groups excluding carboxylic acids is 1. The molecule has 23 heavy (non-hydrogen) atoms. The van der Waals surface area contributed by atoms with Gasteiger partial charge in [0.2, 0.25) is 0 Å². The number of rotatable bonds is 2. The number of carbonyl (C=O) groups is 1. The fourth-order valence-electron chi connectivity index (χ4n) is 2.64. The average molecular weight is 340 g/mol. The molecule has 1 N–H and O–H groups in total. The van der Waals surface area contributed by atoms with Crippen LogP contribution in [0.3, 0.4) is 0 Å². The Labute approximate surface area is 140 Å². The van der Waals surface area contributed by atoms with Crippen LogP contribution in [-0.2, 0) is 14.0 Å². The van der Waals surface area contributed by atoms with Crippen molar-refractivity contribution in [3.8, 4) is 5.75 Å². The molecule has 2 aliphatic rings. The van der Waals surface area contributed by atoms with Gasteiger partial charge in [-0.05, 0) is 32.9 Å². The van der Waals surface area contributed by atoms with Crippen molar-refractivity contribution in [2.75, 3.05) is 19.8 Å². The predicted octanol–water partition coefficient (Wildman–Crippen LogP) is 2.04. The zero-order valence-electron chi connectivity index (χ0n) is 13.3. The Hall–Kier alpha value is -1.44. The van der Waals surface area contributed by atoms with Crippen LogP contribution in [0.1, 0.15) is 32.4 Å². The first-order valence-electron chi connectivity index (χ1n) is 7.54. The monoisotopic (exact) mass is 339 g/mol. The molecule has 0 spiro atoms. The summed E-state index contributed by atoms with van der Waals surface area (Å²) in [4.78, 5) is 11.8. The Morgan fingerprint density at radius 1 is 1.43 bits per heavy atom.